The Morgan fingerprint density at radius 3 is 2.74 bits per heavy atom. The molecule has 2 aromatic rings. The van der Waals surface area contributed by atoms with E-state index in [4.69, 9.17) is 5.11 Å². The zero-order valence-electron chi connectivity index (χ0n) is 10.3. The molecule has 2 rings (SSSR count). The zero-order chi connectivity index (χ0) is 13.8. The first-order valence-electron chi connectivity index (χ1n) is 5.69. The highest BCUT2D eigenvalue weighted by Gasteiger charge is 2.16. The number of hydrogen-bond acceptors (Lipinski definition) is 5. The third-order valence-electron chi connectivity index (χ3n) is 2.50. The lowest BCUT2D eigenvalue weighted by Gasteiger charge is -2.07. The Kier molecular flexibility index (Phi) is 4.06. The predicted molar refractivity (Wildman–Crippen MR) is 71.2 cm³/mol. The van der Waals surface area contributed by atoms with Crippen LogP contribution in [0.25, 0.3) is 11.4 Å². The molecule has 0 unspecified atom stereocenters. The Morgan fingerprint density at radius 1 is 1.37 bits per heavy atom. The van der Waals surface area contributed by atoms with Crippen LogP contribution in [0.3, 0.4) is 0 Å². The van der Waals surface area contributed by atoms with Crippen molar-refractivity contribution in [1.29, 1.82) is 0 Å². The minimum Gasteiger partial charge on any atom is -0.507 e. The molecule has 0 aliphatic carbocycles. The maximum atomic E-state index is 10.6. The summed E-state index contributed by atoms with van der Waals surface area (Å²) in [6, 6.07) is 6.85. The van der Waals surface area contributed by atoms with Gasteiger partial charge in [0.05, 0.1) is 11.3 Å². The summed E-state index contributed by atoms with van der Waals surface area (Å²) in [5.41, 5.74) is 0.582. The van der Waals surface area contributed by atoms with E-state index < -0.39 is 5.97 Å². The van der Waals surface area contributed by atoms with E-state index in [-0.39, 0.29) is 11.5 Å². The minimum absolute atomic E-state index is 0.0705. The SMILES string of the molecule is CCn1c(SCC(=O)O)nnc1-c1ccccc1O. The normalized spacial score (nSPS) is 10.6. The van der Waals surface area contributed by atoms with Crippen molar-refractivity contribution in [2.45, 2.75) is 18.6 Å². The molecule has 1 aromatic heterocycles. The number of nitrogens with zero attached hydrogens (tertiary/aromatic N) is 3. The third kappa shape index (κ3) is 2.87. The van der Waals surface area contributed by atoms with Crippen LogP contribution < -0.4 is 0 Å². The summed E-state index contributed by atoms with van der Waals surface area (Å²) in [6.07, 6.45) is 0. The van der Waals surface area contributed by atoms with Crippen molar-refractivity contribution in [2.24, 2.45) is 0 Å². The highest BCUT2D eigenvalue weighted by Crippen LogP contribution is 2.29. The Morgan fingerprint density at radius 2 is 2.11 bits per heavy atom. The number of phenols is 1. The molecule has 0 saturated carbocycles. The van der Waals surface area contributed by atoms with Crippen LogP contribution in [0.5, 0.6) is 5.75 Å². The molecule has 19 heavy (non-hydrogen) atoms. The fourth-order valence-corrected chi connectivity index (χ4v) is 2.39. The molecule has 0 fully saturated rings. The fourth-order valence-electron chi connectivity index (χ4n) is 1.67. The van der Waals surface area contributed by atoms with E-state index in [2.05, 4.69) is 10.2 Å². The first-order valence-corrected chi connectivity index (χ1v) is 6.68. The van der Waals surface area contributed by atoms with Crippen LogP contribution in [0.2, 0.25) is 0 Å². The summed E-state index contributed by atoms with van der Waals surface area (Å²) in [5, 5.41) is 27.1. The Labute approximate surface area is 114 Å². The van der Waals surface area contributed by atoms with Crippen molar-refractivity contribution in [3.8, 4) is 17.1 Å². The van der Waals surface area contributed by atoms with Crippen LogP contribution in [0.4, 0.5) is 0 Å². The first kappa shape index (κ1) is 13.4. The highest BCUT2D eigenvalue weighted by atomic mass is 32.2. The van der Waals surface area contributed by atoms with Crippen LogP contribution in [-0.4, -0.2) is 36.7 Å². The molecule has 0 amide bonds. The van der Waals surface area contributed by atoms with Gasteiger partial charge in [-0.15, -0.1) is 10.2 Å². The van der Waals surface area contributed by atoms with Gasteiger partial charge in [0.25, 0.3) is 0 Å². The van der Waals surface area contributed by atoms with Gasteiger partial charge in [0.2, 0.25) is 0 Å². The van der Waals surface area contributed by atoms with Gasteiger partial charge in [0.1, 0.15) is 5.75 Å². The largest absolute Gasteiger partial charge is 0.507 e. The molecule has 2 N–H and O–H groups in total. The number of aromatic nitrogens is 3. The van der Waals surface area contributed by atoms with E-state index in [1.807, 2.05) is 6.92 Å². The number of aliphatic carboxylic acids is 1. The summed E-state index contributed by atoms with van der Waals surface area (Å²) in [6.45, 7) is 2.51. The van der Waals surface area contributed by atoms with Crippen molar-refractivity contribution < 1.29 is 15.0 Å². The Hall–Kier alpha value is -2.02. The molecule has 0 aliphatic rings. The zero-order valence-corrected chi connectivity index (χ0v) is 11.1. The molecule has 0 radical (unpaired) electrons. The summed E-state index contributed by atoms with van der Waals surface area (Å²) >= 11 is 1.11. The average molecular weight is 279 g/mol. The Bertz CT molecular complexity index is 598. The van der Waals surface area contributed by atoms with Gasteiger partial charge in [0.15, 0.2) is 11.0 Å². The van der Waals surface area contributed by atoms with E-state index in [0.717, 1.165) is 11.8 Å². The number of carboxylic acids is 1. The van der Waals surface area contributed by atoms with Gasteiger partial charge < -0.3 is 14.8 Å². The van der Waals surface area contributed by atoms with Crippen molar-refractivity contribution in [3.63, 3.8) is 0 Å². The molecule has 1 heterocycles. The van der Waals surface area contributed by atoms with Gasteiger partial charge in [-0.05, 0) is 19.1 Å². The van der Waals surface area contributed by atoms with E-state index in [1.54, 1.807) is 28.8 Å². The molecule has 0 spiro atoms. The molecular formula is C12H13N3O3S. The lowest BCUT2D eigenvalue weighted by molar-refractivity contribution is -0.133. The van der Waals surface area contributed by atoms with Gasteiger partial charge in [-0.25, -0.2) is 0 Å². The van der Waals surface area contributed by atoms with Crippen LogP contribution in [0, 0.1) is 0 Å². The second kappa shape index (κ2) is 5.75. The van der Waals surface area contributed by atoms with Crippen molar-refractivity contribution >= 4 is 17.7 Å². The Balaban J connectivity index is 2.37. The standard InChI is InChI=1S/C12H13N3O3S/c1-2-15-11(8-5-3-4-6-9(8)16)13-14-12(15)19-7-10(17)18/h3-6,16H,2,7H2,1H3,(H,17,18). The topological polar surface area (TPSA) is 88.2 Å². The second-order valence-corrected chi connectivity index (χ2v) is 4.69. The monoisotopic (exact) mass is 279 g/mol. The highest BCUT2D eigenvalue weighted by molar-refractivity contribution is 7.99. The van der Waals surface area contributed by atoms with Gasteiger partial charge >= 0.3 is 5.97 Å². The smallest absolute Gasteiger partial charge is 0.313 e. The molecule has 0 saturated heterocycles. The van der Waals surface area contributed by atoms with Crippen LogP contribution in [0.1, 0.15) is 6.92 Å². The second-order valence-electron chi connectivity index (χ2n) is 3.75. The molecule has 1 aromatic carbocycles. The number of benzene rings is 1. The molecular weight excluding hydrogens is 266 g/mol. The molecule has 0 bridgehead atoms. The van der Waals surface area contributed by atoms with Crippen molar-refractivity contribution in [3.05, 3.63) is 24.3 Å². The number of carbonyl (C=O) groups is 1. The quantitative estimate of drug-likeness (QED) is 0.812. The molecule has 0 atom stereocenters. The summed E-state index contributed by atoms with van der Waals surface area (Å²) in [7, 11) is 0. The molecule has 0 aliphatic heterocycles. The number of phenolic OH excluding ortho intramolecular Hbond substituents is 1. The molecule has 6 nitrogen and oxygen atoms in total. The summed E-state index contributed by atoms with van der Waals surface area (Å²) in [4.78, 5) is 10.6. The fraction of sp³-hybridized carbons (Fsp3) is 0.250. The summed E-state index contributed by atoms with van der Waals surface area (Å²) in [5.74, 6) is -0.313. The predicted octanol–water partition coefficient (Wildman–Crippen LogP) is 1.85. The van der Waals surface area contributed by atoms with Crippen molar-refractivity contribution in [2.75, 3.05) is 5.75 Å². The number of carboxylic acid groups (broad SMARTS) is 1. The van der Waals surface area contributed by atoms with Gasteiger partial charge in [-0.3, -0.25) is 4.79 Å². The van der Waals surface area contributed by atoms with Crippen LogP contribution in [-0.2, 0) is 11.3 Å². The van der Waals surface area contributed by atoms with Crippen molar-refractivity contribution in [1.82, 2.24) is 14.8 Å². The van der Waals surface area contributed by atoms with E-state index >= 15 is 0 Å². The maximum Gasteiger partial charge on any atom is 0.313 e. The molecule has 7 heteroatoms. The number of rotatable bonds is 5. The van der Waals surface area contributed by atoms with E-state index in [1.165, 1.54) is 0 Å². The lowest BCUT2D eigenvalue weighted by Crippen LogP contribution is -2.03. The van der Waals surface area contributed by atoms with E-state index in [9.17, 15) is 9.90 Å². The third-order valence-corrected chi connectivity index (χ3v) is 3.45. The van der Waals surface area contributed by atoms with E-state index in [0.29, 0.717) is 23.1 Å². The van der Waals surface area contributed by atoms with Crippen LogP contribution >= 0.6 is 11.8 Å². The number of thioether (sulfide) groups is 1. The first-order chi connectivity index (χ1) is 9.13. The van der Waals surface area contributed by atoms with Gasteiger partial charge in [-0.1, -0.05) is 23.9 Å². The summed E-state index contributed by atoms with van der Waals surface area (Å²) < 4.78 is 1.78. The number of hydrogen-bond donors (Lipinski definition) is 2. The number of aromatic hydroxyl groups is 1. The minimum atomic E-state index is -0.903. The van der Waals surface area contributed by atoms with Gasteiger partial charge in [-0.2, -0.15) is 0 Å². The lowest BCUT2D eigenvalue weighted by atomic mass is 10.2. The average Bonchev–Trinajstić information content (AvgIpc) is 2.79. The number of para-hydroxylation sites is 1. The molecule has 100 valence electrons. The maximum absolute atomic E-state index is 10.6. The van der Waals surface area contributed by atoms with Crippen LogP contribution in [0.15, 0.2) is 29.4 Å². The van der Waals surface area contributed by atoms with Gasteiger partial charge in [0, 0.05) is 6.54 Å².